The normalized spacial score (nSPS) is 10.1. The molecule has 3 nitrogen and oxygen atoms in total. The summed E-state index contributed by atoms with van der Waals surface area (Å²) in [6, 6.07) is 11.2. The smallest absolute Gasteiger partial charge is 0.258 e. The molecule has 0 spiro atoms. The van der Waals surface area contributed by atoms with Crippen LogP contribution in [0.15, 0.2) is 42.5 Å². The van der Waals surface area contributed by atoms with Crippen LogP contribution in [0.25, 0.3) is 0 Å². The summed E-state index contributed by atoms with van der Waals surface area (Å²) in [7, 11) is 0. The van der Waals surface area contributed by atoms with Gasteiger partial charge in [-0.1, -0.05) is 30.4 Å². The highest BCUT2D eigenvalue weighted by Crippen LogP contribution is 2.15. The van der Waals surface area contributed by atoms with Gasteiger partial charge in [0.1, 0.15) is 10.8 Å². The van der Waals surface area contributed by atoms with Gasteiger partial charge in [-0.3, -0.25) is 4.79 Å². The minimum absolute atomic E-state index is 0.00340. The minimum atomic E-state index is -0.548. The Labute approximate surface area is 121 Å². The molecule has 0 saturated heterocycles. The summed E-state index contributed by atoms with van der Waals surface area (Å²) in [5.74, 6) is -1.06. The molecule has 0 saturated carbocycles. The number of carbonyl (C=O) groups is 1. The second-order valence-corrected chi connectivity index (χ2v) is 4.82. The van der Waals surface area contributed by atoms with Gasteiger partial charge in [0.05, 0.1) is 5.56 Å². The molecule has 0 unspecified atom stereocenters. The summed E-state index contributed by atoms with van der Waals surface area (Å²) in [6.07, 6.45) is 0. The van der Waals surface area contributed by atoms with E-state index in [-0.39, 0.29) is 10.6 Å². The number of aryl methyl sites for hydroxylation is 1. The molecule has 102 valence electrons. The molecule has 20 heavy (non-hydrogen) atoms. The van der Waals surface area contributed by atoms with Crippen molar-refractivity contribution < 1.29 is 9.18 Å². The van der Waals surface area contributed by atoms with Gasteiger partial charge in [0.25, 0.3) is 5.91 Å². The fourth-order valence-electron chi connectivity index (χ4n) is 1.75. The molecular formula is C15H13FN2OS. The third-order valence-corrected chi connectivity index (χ3v) is 3.01. The van der Waals surface area contributed by atoms with Crippen molar-refractivity contribution in [3.63, 3.8) is 0 Å². The van der Waals surface area contributed by atoms with Crippen LogP contribution in [0.1, 0.15) is 21.5 Å². The van der Waals surface area contributed by atoms with E-state index in [0.717, 1.165) is 5.56 Å². The number of anilines is 1. The van der Waals surface area contributed by atoms with Crippen LogP contribution in [0.3, 0.4) is 0 Å². The summed E-state index contributed by atoms with van der Waals surface area (Å²) in [6.45, 7) is 1.76. The molecule has 5 heteroatoms. The van der Waals surface area contributed by atoms with Crippen LogP contribution < -0.4 is 11.1 Å². The fourth-order valence-corrected chi connectivity index (χ4v) is 1.88. The Morgan fingerprint density at radius 1 is 1.25 bits per heavy atom. The van der Waals surface area contributed by atoms with Crippen molar-refractivity contribution in [2.24, 2.45) is 5.73 Å². The van der Waals surface area contributed by atoms with Gasteiger partial charge < -0.3 is 11.1 Å². The van der Waals surface area contributed by atoms with Gasteiger partial charge in [-0.15, -0.1) is 0 Å². The lowest BCUT2D eigenvalue weighted by atomic mass is 10.1. The van der Waals surface area contributed by atoms with Crippen molar-refractivity contribution >= 4 is 28.8 Å². The van der Waals surface area contributed by atoms with Crippen LogP contribution >= 0.6 is 12.2 Å². The molecule has 2 aromatic carbocycles. The molecule has 0 aliphatic heterocycles. The third kappa shape index (κ3) is 3.19. The van der Waals surface area contributed by atoms with Crippen molar-refractivity contribution in [2.45, 2.75) is 6.92 Å². The van der Waals surface area contributed by atoms with E-state index in [0.29, 0.717) is 11.3 Å². The van der Waals surface area contributed by atoms with Gasteiger partial charge >= 0.3 is 0 Å². The average Bonchev–Trinajstić information content (AvgIpc) is 2.38. The maximum absolute atomic E-state index is 13.7. The van der Waals surface area contributed by atoms with Crippen molar-refractivity contribution in [1.29, 1.82) is 0 Å². The Morgan fingerprint density at radius 2 is 2.00 bits per heavy atom. The summed E-state index contributed by atoms with van der Waals surface area (Å²) in [5, 5.41) is 2.62. The number of nitrogens with one attached hydrogen (secondary N) is 1. The standard InChI is InChI=1S/C15H13FN2OS/c1-9-5-6-12(13(16)7-9)15(19)18-11-4-2-3-10(8-11)14(17)20/h2-8H,1H3,(H2,17,20)(H,18,19). The molecule has 0 heterocycles. The van der Waals surface area contributed by atoms with E-state index in [1.807, 2.05) is 0 Å². The number of carbonyl (C=O) groups excluding carboxylic acids is 1. The number of amides is 1. The van der Waals surface area contributed by atoms with Crippen molar-refractivity contribution in [3.05, 3.63) is 65.0 Å². The zero-order valence-corrected chi connectivity index (χ0v) is 11.6. The SMILES string of the molecule is Cc1ccc(C(=O)Nc2cccc(C(N)=S)c2)c(F)c1. The summed E-state index contributed by atoms with van der Waals surface area (Å²) in [5.41, 5.74) is 7.43. The van der Waals surface area contributed by atoms with Crippen LogP contribution in [0.5, 0.6) is 0 Å². The maximum Gasteiger partial charge on any atom is 0.258 e. The maximum atomic E-state index is 13.7. The number of halogens is 1. The van der Waals surface area contributed by atoms with E-state index in [2.05, 4.69) is 5.32 Å². The van der Waals surface area contributed by atoms with E-state index < -0.39 is 11.7 Å². The monoisotopic (exact) mass is 288 g/mol. The molecule has 0 bridgehead atoms. The first-order chi connectivity index (χ1) is 9.47. The van der Waals surface area contributed by atoms with E-state index in [4.69, 9.17) is 18.0 Å². The van der Waals surface area contributed by atoms with Gasteiger partial charge in [0, 0.05) is 11.3 Å². The lowest BCUT2D eigenvalue weighted by Gasteiger charge is -2.08. The molecule has 0 aliphatic rings. The topological polar surface area (TPSA) is 55.1 Å². The minimum Gasteiger partial charge on any atom is -0.389 e. The van der Waals surface area contributed by atoms with Gasteiger partial charge in [0.2, 0.25) is 0 Å². The van der Waals surface area contributed by atoms with Crippen LogP contribution in [0, 0.1) is 12.7 Å². The number of rotatable bonds is 3. The fraction of sp³-hybridized carbons (Fsp3) is 0.0667. The van der Waals surface area contributed by atoms with E-state index in [9.17, 15) is 9.18 Å². The number of nitrogens with two attached hydrogens (primary N) is 1. The highest BCUT2D eigenvalue weighted by atomic mass is 32.1. The number of thiocarbonyl (C=S) groups is 1. The molecule has 1 amide bonds. The average molecular weight is 288 g/mol. The number of hydrogen-bond acceptors (Lipinski definition) is 2. The summed E-state index contributed by atoms with van der Waals surface area (Å²) >= 11 is 4.87. The van der Waals surface area contributed by atoms with Crippen molar-refractivity contribution in [3.8, 4) is 0 Å². The molecule has 0 aliphatic carbocycles. The zero-order chi connectivity index (χ0) is 14.7. The molecule has 2 rings (SSSR count). The molecule has 2 aromatic rings. The second-order valence-electron chi connectivity index (χ2n) is 4.38. The molecule has 0 aromatic heterocycles. The molecular weight excluding hydrogens is 275 g/mol. The van der Waals surface area contributed by atoms with Gasteiger partial charge in [-0.25, -0.2) is 4.39 Å². The largest absolute Gasteiger partial charge is 0.389 e. The highest BCUT2D eigenvalue weighted by molar-refractivity contribution is 7.80. The number of benzene rings is 2. The second kappa shape index (κ2) is 5.79. The first kappa shape index (κ1) is 14.1. The van der Waals surface area contributed by atoms with Crippen LogP contribution in [-0.4, -0.2) is 10.9 Å². The predicted octanol–water partition coefficient (Wildman–Crippen LogP) is 3.02. The van der Waals surface area contributed by atoms with E-state index in [1.54, 1.807) is 37.3 Å². The van der Waals surface area contributed by atoms with Gasteiger partial charge in [0.15, 0.2) is 0 Å². The zero-order valence-electron chi connectivity index (χ0n) is 10.8. The summed E-state index contributed by atoms with van der Waals surface area (Å²) in [4.78, 5) is 12.3. The Bertz CT molecular complexity index is 685. The Hall–Kier alpha value is -2.27. The van der Waals surface area contributed by atoms with Gasteiger partial charge in [-0.05, 0) is 36.8 Å². The summed E-state index contributed by atoms with van der Waals surface area (Å²) < 4.78 is 13.7. The molecule has 0 radical (unpaired) electrons. The first-order valence-corrected chi connectivity index (χ1v) is 6.35. The Balaban J connectivity index is 2.23. The highest BCUT2D eigenvalue weighted by Gasteiger charge is 2.12. The Kier molecular flexibility index (Phi) is 4.10. The first-order valence-electron chi connectivity index (χ1n) is 5.95. The van der Waals surface area contributed by atoms with Crippen LogP contribution in [0.2, 0.25) is 0 Å². The van der Waals surface area contributed by atoms with Crippen LogP contribution in [0.4, 0.5) is 10.1 Å². The van der Waals surface area contributed by atoms with Crippen molar-refractivity contribution in [1.82, 2.24) is 0 Å². The molecule has 0 atom stereocenters. The quantitative estimate of drug-likeness (QED) is 0.854. The third-order valence-electron chi connectivity index (χ3n) is 2.77. The van der Waals surface area contributed by atoms with E-state index >= 15 is 0 Å². The lowest BCUT2D eigenvalue weighted by Crippen LogP contribution is -2.15. The molecule has 3 N–H and O–H groups in total. The predicted molar refractivity (Wildman–Crippen MR) is 81.4 cm³/mol. The number of hydrogen-bond donors (Lipinski definition) is 2. The lowest BCUT2D eigenvalue weighted by molar-refractivity contribution is 0.102. The Morgan fingerprint density at radius 3 is 2.65 bits per heavy atom. The van der Waals surface area contributed by atoms with E-state index in [1.165, 1.54) is 12.1 Å². The van der Waals surface area contributed by atoms with Crippen molar-refractivity contribution in [2.75, 3.05) is 5.32 Å². The van der Waals surface area contributed by atoms with Crippen LogP contribution in [-0.2, 0) is 0 Å². The van der Waals surface area contributed by atoms with Gasteiger partial charge in [-0.2, -0.15) is 0 Å². The molecule has 0 fully saturated rings.